The van der Waals surface area contributed by atoms with Gasteiger partial charge in [-0.05, 0) is 117 Å². The first-order valence-electron chi connectivity index (χ1n) is 17.3. The molecule has 0 aliphatic heterocycles. The Kier molecular flexibility index (Phi) is 11.6. The molecule has 0 heterocycles. The summed E-state index contributed by atoms with van der Waals surface area (Å²) in [6.45, 7) is 15.2. The number of nitrogens with zero attached hydrogens (tertiary/aromatic N) is 2. The van der Waals surface area contributed by atoms with Gasteiger partial charge in [0.25, 0.3) is 17.7 Å². The standard InChI is InChI=1S/C39H49N5O3/c1-5-43(6-2)20-10-18-40-37(45)32-24-33(38(46)41-19-11-21-44(7-3)8-4)26-34(25-32)42-39(47)31-22-29-16-14-27-12-9-13-28-15-17-30(23-31)36(29)35(27)28/h9,12,14-17,22-26,36H,5-8,10-11,13,18-21H2,1-4H3,(H,40,45)(H,41,46)(H,42,47). The molecule has 4 aliphatic carbocycles. The zero-order chi connectivity index (χ0) is 33.3. The zero-order valence-electron chi connectivity index (χ0n) is 28.3. The zero-order valence-corrected chi connectivity index (χ0v) is 28.3. The average Bonchev–Trinajstić information content (AvgIpc) is 3.10. The molecule has 4 aliphatic rings. The van der Waals surface area contributed by atoms with E-state index in [9.17, 15) is 14.4 Å². The first kappa shape index (κ1) is 34.1. The van der Waals surface area contributed by atoms with Crippen LogP contribution in [0.3, 0.4) is 0 Å². The van der Waals surface area contributed by atoms with Crippen molar-refractivity contribution in [1.82, 2.24) is 20.4 Å². The molecule has 8 nitrogen and oxygen atoms in total. The lowest BCUT2D eigenvalue weighted by Gasteiger charge is -2.35. The van der Waals surface area contributed by atoms with Crippen molar-refractivity contribution in [1.29, 1.82) is 0 Å². The van der Waals surface area contributed by atoms with Crippen molar-refractivity contribution >= 4 is 23.4 Å². The molecule has 0 saturated carbocycles. The van der Waals surface area contributed by atoms with Gasteiger partial charge in [-0.2, -0.15) is 0 Å². The first-order chi connectivity index (χ1) is 22.8. The fourth-order valence-corrected chi connectivity index (χ4v) is 6.71. The highest BCUT2D eigenvalue weighted by Crippen LogP contribution is 2.47. The molecule has 3 N–H and O–H groups in total. The summed E-state index contributed by atoms with van der Waals surface area (Å²) in [6, 6.07) is 4.90. The number of hydrogen-bond acceptors (Lipinski definition) is 5. The number of carbonyl (C=O) groups excluding carboxylic acids is 3. The summed E-state index contributed by atoms with van der Waals surface area (Å²) in [4.78, 5) is 44.9. The molecule has 0 fully saturated rings. The Bertz CT molecular complexity index is 1550. The summed E-state index contributed by atoms with van der Waals surface area (Å²) in [5, 5.41) is 8.98. The third kappa shape index (κ3) is 8.18. The highest BCUT2D eigenvalue weighted by molar-refractivity contribution is 6.08. The Morgan fingerprint density at radius 1 is 0.723 bits per heavy atom. The van der Waals surface area contributed by atoms with Gasteiger partial charge in [0.15, 0.2) is 0 Å². The lowest BCUT2D eigenvalue weighted by Crippen LogP contribution is -2.31. The minimum atomic E-state index is -0.286. The van der Waals surface area contributed by atoms with Crippen LogP contribution in [0.4, 0.5) is 5.69 Å². The molecule has 47 heavy (non-hydrogen) atoms. The van der Waals surface area contributed by atoms with Gasteiger partial charge >= 0.3 is 0 Å². The van der Waals surface area contributed by atoms with Crippen LogP contribution in [-0.2, 0) is 4.79 Å². The van der Waals surface area contributed by atoms with Crippen molar-refractivity contribution in [3.63, 3.8) is 0 Å². The van der Waals surface area contributed by atoms with Gasteiger partial charge in [-0.25, -0.2) is 0 Å². The van der Waals surface area contributed by atoms with Crippen LogP contribution in [0.5, 0.6) is 0 Å². The predicted molar refractivity (Wildman–Crippen MR) is 190 cm³/mol. The van der Waals surface area contributed by atoms with E-state index in [2.05, 4.69) is 89.9 Å². The van der Waals surface area contributed by atoms with E-state index in [1.165, 1.54) is 16.7 Å². The molecular formula is C39H49N5O3. The highest BCUT2D eigenvalue weighted by atomic mass is 16.2. The number of rotatable bonds is 16. The van der Waals surface area contributed by atoms with E-state index in [1.54, 1.807) is 18.2 Å². The predicted octanol–water partition coefficient (Wildman–Crippen LogP) is 5.72. The van der Waals surface area contributed by atoms with Crippen LogP contribution >= 0.6 is 0 Å². The van der Waals surface area contributed by atoms with E-state index in [1.807, 2.05) is 12.2 Å². The average molecular weight is 636 g/mol. The Morgan fingerprint density at radius 3 is 1.94 bits per heavy atom. The van der Waals surface area contributed by atoms with Crippen LogP contribution in [0, 0.1) is 5.92 Å². The number of anilines is 1. The number of nitrogens with one attached hydrogen (secondary N) is 3. The van der Waals surface area contributed by atoms with Crippen molar-refractivity contribution < 1.29 is 14.4 Å². The Balaban J connectivity index is 1.32. The molecule has 0 aromatic heterocycles. The Hall–Kier alpha value is -4.27. The van der Waals surface area contributed by atoms with Gasteiger partial charge in [-0.3, -0.25) is 14.4 Å². The Morgan fingerprint density at radius 2 is 1.34 bits per heavy atom. The molecule has 8 heteroatoms. The number of allylic oxidation sites excluding steroid dienone is 12. The van der Waals surface area contributed by atoms with Crippen molar-refractivity contribution in [2.75, 3.05) is 57.7 Å². The largest absolute Gasteiger partial charge is 0.352 e. The van der Waals surface area contributed by atoms with Crippen LogP contribution in [-0.4, -0.2) is 79.9 Å². The second-order valence-corrected chi connectivity index (χ2v) is 12.4. The second kappa shape index (κ2) is 16.0. The van der Waals surface area contributed by atoms with Gasteiger partial charge in [0.1, 0.15) is 0 Å². The highest BCUT2D eigenvalue weighted by Gasteiger charge is 2.34. The smallest absolute Gasteiger partial charge is 0.255 e. The van der Waals surface area contributed by atoms with Crippen LogP contribution in [0.15, 0.2) is 100 Å². The van der Waals surface area contributed by atoms with Crippen LogP contribution in [0.2, 0.25) is 0 Å². The normalized spacial score (nSPS) is 17.5. The maximum absolute atomic E-state index is 13.7. The van der Waals surface area contributed by atoms with Gasteiger partial charge in [-0.15, -0.1) is 0 Å². The summed E-state index contributed by atoms with van der Waals surface area (Å²) in [5.41, 5.74) is 7.68. The number of carbonyl (C=O) groups is 3. The van der Waals surface area contributed by atoms with Crippen LogP contribution in [0.1, 0.15) is 67.7 Å². The molecule has 5 rings (SSSR count). The molecule has 1 aromatic rings. The summed E-state index contributed by atoms with van der Waals surface area (Å²) < 4.78 is 0. The molecule has 1 aromatic carbocycles. The molecular weight excluding hydrogens is 586 g/mol. The maximum atomic E-state index is 13.7. The lowest BCUT2D eigenvalue weighted by atomic mass is 9.68. The minimum Gasteiger partial charge on any atom is -0.352 e. The minimum absolute atomic E-state index is 0.141. The van der Waals surface area contributed by atoms with Gasteiger partial charge in [0, 0.05) is 41.4 Å². The van der Waals surface area contributed by atoms with E-state index in [0.29, 0.717) is 35.5 Å². The van der Waals surface area contributed by atoms with E-state index >= 15 is 0 Å². The summed E-state index contributed by atoms with van der Waals surface area (Å²) >= 11 is 0. The third-order valence-electron chi connectivity index (χ3n) is 9.46. The maximum Gasteiger partial charge on any atom is 0.255 e. The molecule has 1 atom stereocenters. The fourth-order valence-electron chi connectivity index (χ4n) is 6.71. The molecule has 0 radical (unpaired) electrons. The van der Waals surface area contributed by atoms with E-state index in [-0.39, 0.29) is 23.6 Å². The van der Waals surface area contributed by atoms with Crippen molar-refractivity contribution in [3.05, 3.63) is 111 Å². The summed E-state index contributed by atoms with van der Waals surface area (Å²) in [6.07, 6.45) is 19.4. The summed E-state index contributed by atoms with van der Waals surface area (Å²) in [7, 11) is 0. The number of hydrogen-bond donors (Lipinski definition) is 3. The lowest BCUT2D eigenvalue weighted by molar-refractivity contribution is -0.112. The van der Waals surface area contributed by atoms with E-state index < -0.39 is 0 Å². The summed E-state index contributed by atoms with van der Waals surface area (Å²) in [5.74, 6) is -0.690. The van der Waals surface area contributed by atoms with E-state index in [0.717, 1.165) is 69.7 Å². The Labute approximate surface area is 279 Å². The van der Waals surface area contributed by atoms with Gasteiger partial charge in [0.2, 0.25) is 0 Å². The SMILES string of the molecule is CCN(CC)CCCNC(=O)c1cc(NC(=O)C2=CC3=CC=C4CC=CC5=C4C3C(=C2)C=C5)cc(C(=O)NCCCN(CC)CC)c1. The number of amides is 3. The van der Waals surface area contributed by atoms with Crippen molar-refractivity contribution in [2.45, 2.75) is 47.0 Å². The molecule has 0 spiro atoms. The first-order valence-corrected chi connectivity index (χ1v) is 17.3. The van der Waals surface area contributed by atoms with Gasteiger partial charge < -0.3 is 25.8 Å². The van der Waals surface area contributed by atoms with Crippen molar-refractivity contribution in [2.24, 2.45) is 5.92 Å². The monoisotopic (exact) mass is 635 g/mol. The topological polar surface area (TPSA) is 93.8 Å². The van der Waals surface area contributed by atoms with E-state index in [4.69, 9.17) is 0 Å². The van der Waals surface area contributed by atoms with Gasteiger partial charge in [-0.1, -0.05) is 64.2 Å². The molecule has 1 unspecified atom stereocenters. The molecule has 0 bridgehead atoms. The van der Waals surface area contributed by atoms with Crippen LogP contribution in [0.25, 0.3) is 0 Å². The fraction of sp³-hybridized carbons (Fsp3) is 0.410. The quantitative estimate of drug-likeness (QED) is 0.202. The van der Waals surface area contributed by atoms with Gasteiger partial charge in [0.05, 0.1) is 0 Å². The molecule has 248 valence electrons. The number of benzene rings is 1. The molecule has 3 amide bonds. The second-order valence-electron chi connectivity index (χ2n) is 12.4. The van der Waals surface area contributed by atoms with Crippen LogP contribution < -0.4 is 16.0 Å². The third-order valence-corrected chi connectivity index (χ3v) is 9.46. The van der Waals surface area contributed by atoms with Crippen molar-refractivity contribution in [3.8, 4) is 0 Å². The molecule has 0 saturated heterocycles.